The Bertz CT molecular complexity index is 1040. The largest absolute Gasteiger partial charge is 0.335 e. The molecule has 2 fully saturated rings. The number of piperidine rings is 1. The Morgan fingerprint density at radius 3 is 2.23 bits per heavy atom. The van der Waals surface area contributed by atoms with Crippen LogP contribution in [-0.2, 0) is 14.8 Å². The molecule has 2 saturated heterocycles. The lowest BCUT2D eigenvalue weighted by Crippen LogP contribution is -2.44. The highest BCUT2D eigenvalue weighted by atomic mass is 32.2. The Labute approximate surface area is 177 Å². The van der Waals surface area contributed by atoms with Gasteiger partial charge >= 0.3 is 0 Å². The van der Waals surface area contributed by atoms with Crippen LogP contribution >= 0.6 is 0 Å². The average Bonchev–Trinajstić information content (AvgIpc) is 3.29. The van der Waals surface area contributed by atoms with Gasteiger partial charge in [-0.05, 0) is 55.5 Å². The van der Waals surface area contributed by atoms with E-state index in [-0.39, 0.29) is 22.8 Å². The van der Waals surface area contributed by atoms with E-state index in [0.717, 1.165) is 19.4 Å². The fourth-order valence-corrected chi connectivity index (χ4v) is 5.95. The summed E-state index contributed by atoms with van der Waals surface area (Å²) in [6, 6.07) is 18.2. The summed E-state index contributed by atoms with van der Waals surface area (Å²) in [7, 11) is -3.61. The van der Waals surface area contributed by atoms with Crippen molar-refractivity contribution in [3.63, 3.8) is 0 Å². The summed E-state index contributed by atoms with van der Waals surface area (Å²) in [5, 5.41) is 8.90. The molecule has 2 heterocycles. The van der Waals surface area contributed by atoms with Crippen LogP contribution in [0.5, 0.6) is 0 Å². The third-order valence-electron chi connectivity index (χ3n) is 6.14. The van der Waals surface area contributed by atoms with Gasteiger partial charge in [-0.15, -0.1) is 0 Å². The Balaban J connectivity index is 1.41. The first-order valence-corrected chi connectivity index (χ1v) is 11.8. The average molecular weight is 424 g/mol. The van der Waals surface area contributed by atoms with E-state index in [9.17, 15) is 13.2 Å². The molecule has 7 heteroatoms. The molecule has 0 bridgehead atoms. The van der Waals surface area contributed by atoms with E-state index in [4.69, 9.17) is 5.26 Å². The summed E-state index contributed by atoms with van der Waals surface area (Å²) in [5.41, 5.74) is 1.60. The van der Waals surface area contributed by atoms with E-state index in [2.05, 4.69) is 12.1 Å². The predicted molar refractivity (Wildman–Crippen MR) is 113 cm³/mol. The normalized spacial score (nSPS) is 20.8. The number of carbonyl (C=O) groups is 1. The summed E-state index contributed by atoms with van der Waals surface area (Å²) >= 11 is 0. The Hall–Kier alpha value is -2.69. The summed E-state index contributed by atoms with van der Waals surface area (Å²) in [4.78, 5) is 15.4. The fraction of sp³-hybridized carbons (Fsp3) is 0.391. The van der Waals surface area contributed by atoms with Gasteiger partial charge in [-0.25, -0.2) is 8.42 Å². The predicted octanol–water partition coefficient (Wildman–Crippen LogP) is 3.32. The van der Waals surface area contributed by atoms with Gasteiger partial charge in [-0.2, -0.15) is 9.57 Å². The number of likely N-dealkylation sites (tertiary alicyclic amines) is 1. The smallest absolute Gasteiger partial charge is 0.243 e. The van der Waals surface area contributed by atoms with Crippen molar-refractivity contribution in [3.05, 3.63) is 65.7 Å². The Kier molecular flexibility index (Phi) is 5.89. The molecular formula is C23H25N3O3S. The molecule has 1 amide bonds. The molecule has 6 nitrogen and oxygen atoms in total. The van der Waals surface area contributed by atoms with Gasteiger partial charge in [0, 0.05) is 25.6 Å². The van der Waals surface area contributed by atoms with Gasteiger partial charge in [0.1, 0.15) is 0 Å². The van der Waals surface area contributed by atoms with Crippen LogP contribution in [0.2, 0.25) is 0 Å². The quantitative estimate of drug-likeness (QED) is 0.755. The molecule has 0 radical (unpaired) electrons. The van der Waals surface area contributed by atoms with Crippen molar-refractivity contribution in [1.29, 1.82) is 5.26 Å². The number of hydrogen-bond donors (Lipinski definition) is 0. The molecule has 1 atom stereocenters. The highest BCUT2D eigenvalue weighted by Crippen LogP contribution is 2.35. The molecule has 2 aromatic rings. The van der Waals surface area contributed by atoms with Crippen LogP contribution in [0.3, 0.4) is 0 Å². The van der Waals surface area contributed by atoms with Crippen molar-refractivity contribution in [2.45, 2.75) is 36.6 Å². The molecule has 156 valence electrons. The first-order valence-electron chi connectivity index (χ1n) is 10.4. The molecule has 0 unspecified atom stereocenters. The van der Waals surface area contributed by atoms with Crippen LogP contribution in [0.4, 0.5) is 0 Å². The standard InChI is InChI=1S/C23H25N3O3S/c24-17-18-8-10-21(11-9-18)30(28,29)25-15-12-20(13-16-25)23(27)26-14-4-7-22(26)19-5-2-1-3-6-19/h1-3,5-6,8-11,20,22H,4,7,12-16H2/t22-/m0/s1. The van der Waals surface area contributed by atoms with Crippen molar-refractivity contribution in [2.75, 3.05) is 19.6 Å². The van der Waals surface area contributed by atoms with E-state index < -0.39 is 10.0 Å². The first kappa shape index (κ1) is 20.6. The molecule has 30 heavy (non-hydrogen) atoms. The molecule has 4 rings (SSSR count). The van der Waals surface area contributed by atoms with Gasteiger partial charge in [0.2, 0.25) is 15.9 Å². The van der Waals surface area contributed by atoms with Crippen LogP contribution in [-0.4, -0.2) is 43.2 Å². The topological polar surface area (TPSA) is 81.5 Å². The number of benzene rings is 2. The number of hydrogen-bond acceptors (Lipinski definition) is 4. The Morgan fingerprint density at radius 2 is 1.60 bits per heavy atom. The van der Waals surface area contributed by atoms with Gasteiger partial charge in [-0.3, -0.25) is 4.79 Å². The van der Waals surface area contributed by atoms with E-state index in [1.165, 1.54) is 34.1 Å². The highest BCUT2D eigenvalue weighted by Gasteiger charge is 2.37. The van der Waals surface area contributed by atoms with Crippen molar-refractivity contribution in [3.8, 4) is 6.07 Å². The lowest BCUT2D eigenvalue weighted by Gasteiger charge is -2.34. The molecular weight excluding hydrogens is 398 g/mol. The second kappa shape index (κ2) is 8.58. The van der Waals surface area contributed by atoms with E-state index in [1.807, 2.05) is 29.2 Å². The Morgan fingerprint density at radius 1 is 0.933 bits per heavy atom. The summed E-state index contributed by atoms with van der Waals surface area (Å²) in [5.74, 6) is 0.0125. The molecule has 0 aromatic heterocycles. The van der Waals surface area contributed by atoms with Gasteiger partial charge in [0.25, 0.3) is 0 Å². The van der Waals surface area contributed by atoms with Crippen LogP contribution in [0.1, 0.15) is 42.9 Å². The van der Waals surface area contributed by atoms with Crippen LogP contribution in [0.25, 0.3) is 0 Å². The summed E-state index contributed by atoms with van der Waals surface area (Å²) in [6.07, 6.45) is 3.04. The van der Waals surface area contributed by atoms with Crippen molar-refractivity contribution in [2.24, 2.45) is 5.92 Å². The number of rotatable bonds is 4. The van der Waals surface area contributed by atoms with E-state index >= 15 is 0 Å². The zero-order valence-electron chi connectivity index (χ0n) is 16.8. The minimum atomic E-state index is -3.61. The summed E-state index contributed by atoms with van der Waals surface area (Å²) in [6.45, 7) is 1.44. The maximum atomic E-state index is 13.2. The summed E-state index contributed by atoms with van der Waals surface area (Å²) < 4.78 is 27.3. The van der Waals surface area contributed by atoms with Crippen LogP contribution < -0.4 is 0 Å². The van der Waals surface area contributed by atoms with Gasteiger partial charge in [0.05, 0.1) is 22.6 Å². The van der Waals surface area contributed by atoms with Crippen LogP contribution in [0.15, 0.2) is 59.5 Å². The third-order valence-corrected chi connectivity index (χ3v) is 8.06. The number of amides is 1. The van der Waals surface area contributed by atoms with Gasteiger partial charge < -0.3 is 4.90 Å². The van der Waals surface area contributed by atoms with E-state index in [0.29, 0.717) is 31.5 Å². The zero-order valence-corrected chi connectivity index (χ0v) is 17.6. The van der Waals surface area contributed by atoms with Crippen molar-refractivity contribution in [1.82, 2.24) is 9.21 Å². The number of nitriles is 1. The SMILES string of the molecule is N#Cc1ccc(S(=O)(=O)N2CCC(C(=O)N3CCC[C@H]3c3ccccc3)CC2)cc1. The van der Waals surface area contributed by atoms with Gasteiger partial charge in [0.15, 0.2) is 0 Å². The van der Waals surface area contributed by atoms with Crippen LogP contribution in [0, 0.1) is 17.2 Å². The number of carbonyl (C=O) groups excluding carboxylic acids is 1. The van der Waals surface area contributed by atoms with Crippen molar-refractivity contribution >= 4 is 15.9 Å². The molecule has 0 saturated carbocycles. The number of nitrogens with zero attached hydrogens (tertiary/aromatic N) is 3. The third kappa shape index (κ3) is 3.98. The lowest BCUT2D eigenvalue weighted by atomic mass is 9.95. The zero-order chi connectivity index (χ0) is 21.1. The first-order chi connectivity index (χ1) is 14.5. The highest BCUT2D eigenvalue weighted by molar-refractivity contribution is 7.89. The molecule has 0 aliphatic carbocycles. The molecule has 2 aromatic carbocycles. The van der Waals surface area contributed by atoms with Crippen molar-refractivity contribution < 1.29 is 13.2 Å². The minimum absolute atomic E-state index is 0.124. The second-order valence-electron chi connectivity index (χ2n) is 7.91. The second-order valence-corrected chi connectivity index (χ2v) is 9.85. The monoisotopic (exact) mass is 423 g/mol. The van der Waals surface area contributed by atoms with Gasteiger partial charge in [-0.1, -0.05) is 30.3 Å². The minimum Gasteiger partial charge on any atom is -0.335 e. The molecule has 0 N–H and O–H groups in total. The molecule has 2 aliphatic heterocycles. The maximum absolute atomic E-state index is 13.2. The number of sulfonamides is 1. The molecule has 2 aliphatic rings. The maximum Gasteiger partial charge on any atom is 0.243 e. The van der Waals surface area contributed by atoms with E-state index in [1.54, 1.807) is 0 Å². The fourth-order valence-electron chi connectivity index (χ4n) is 4.48. The molecule has 0 spiro atoms. The lowest BCUT2D eigenvalue weighted by molar-refractivity contribution is -0.137.